The van der Waals surface area contributed by atoms with Gasteiger partial charge in [0.05, 0.1) is 0 Å². The minimum atomic E-state index is 0.0585. The third kappa shape index (κ3) is 5.07. The molecule has 0 fully saturated rings. The van der Waals surface area contributed by atoms with Crippen LogP contribution in [0.15, 0.2) is 84.9 Å². The van der Waals surface area contributed by atoms with Gasteiger partial charge in [-0.25, -0.2) is 0 Å². The molecule has 0 aliphatic heterocycles. The first-order chi connectivity index (χ1) is 12.9. The number of nitrogens with zero attached hydrogens (tertiary/aromatic N) is 1. The lowest BCUT2D eigenvalue weighted by molar-refractivity contribution is 0.0730. The minimum absolute atomic E-state index is 0.0585. The maximum absolute atomic E-state index is 13.2. The third-order valence-electron chi connectivity index (χ3n) is 4.72. The van der Waals surface area contributed by atoms with Crippen LogP contribution in [0, 0.1) is 0 Å². The first kappa shape index (κ1) is 18.9. The largest absolute Gasteiger partial charge is 0.330 e. The van der Waals surface area contributed by atoms with Crippen molar-refractivity contribution >= 4 is 5.91 Å². The highest BCUT2D eigenvalue weighted by molar-refractivity contribution is 5.94. The summed E-state index contributed by atoms with van der Waals surface area (Å²) in [5.74, 6) is 0.0585. The van der Waals surface area contributed by atoms with Gasteiger partial charge in [0.25, 0.3) is 5.91 Å². The van der Waals surface area contributed by atoms with Gasteiger partial charge in [0, 0.05) is 18.7 Å². The normalized spacial score (nSPS) is 11.2. The van der Waals surface area contributed by atoms with Crippen LogP contribution in [0.3, 0.4) is 0 Å². The van der Waals surface area contributed by atoms with E-state index in [2.05, 4.69) is 57.2 Å². The highest BCUT2D eigenvalue weighted by Gasteiger charge is 2.18. The molecule has 2 nitrogen and oxygen atoms in total. The lowest BCUT2D eigenvalue weighted by Crippen LogP contribution is -2.30. The van der Waals surface area contributed by atoms with Crippen LogP contribution < -0.4 is 0 Å². The third-order valence-corrected chi connectivity index (χ3v) is 4.72. The van der Waals surface area contributed by atoms with Gasteiger partial charge in [-0.15, -0.1) is 0 Å². The number of hydrogen-bond donors (Lipinski definition) is 0. The molecule has 138 valence electrons. The van der Waals surface area contributed by atoms with Crippen molar-refractivity contribution in [3.63, 3.8) is 0 Å². The first-order valence-electron chi connectivity index (χ1n) is 9.41. The van der Waals surface area contributed by atoms with E-state index in [0.717, 1.165) is 16.7 Å². The Labute approximate surface area is 162 Å². The smallest absolute Gasteiger partial charge is 0.254 e. The zero-order valence-corrected chi connectivity index (χ0v) is 16.4. The summed E-state index contributed by atoms with van der Waals surface area (Å²) in [4.78, 5) is 15.2. The molecule has 1 amide bonds. The van der Waals surface area contributed by atoms with E-state index in [4.69, 9.17) is 0 Å². The van der Waals surface area contributed by atoms with Gasteiger partial charge in [-0.2, -0.15) is 0 Å². The highest BCUT2D eigenvalue weighted by Crippen LogP contribution is 2.23. The van der Waals surface area contributed by atoms with Gasteiger partial charge >= 0.3 is 0 Å². The molecular formula is C25H27NO. The van der Waals surface area contributed by atoms with Crippen molar-refractivity contribution in [2.45, 2.75) is 39.3 Å². The van der Waals surface area contributed by atoms with Crippen molar-refractivity contribution < 1.29 is 4.79 Å². The molecule has 0 aliphatic rings. The van der Waals surface area contributed by atoms with E-state index in [-0.39, 0.29) is 11.3 Å². The lowest BCUT2D eigenvalue weighted by Gasteiger charge is -2.24. The summed E-state index contributed by atoms with van der Waals surface area (Å²) in [7, 11) is 0. The van der Waals surface area contributed by atoms with Crippen LogP contribution in [0.25, 0.3) is 0 Å². The van der Waals surface area contributed by atoms with Crippen molar-refractivity contribution in [3.8, 4) is 0 Å². The molecule has 0 saturated heterocycles. The fourth-order valence-corrected chi connectivity index (χ4v) is 3.10. The summed E-state index contributed by atoms with van der Waals surface area (Å²) in [5, 5.41) is 0. The number of carbonyl (C=O) groups is 1. The van der Waals surface area contributed by atoms with Crippen molar-refractivity contribution in [2.75, 3.05) is 0 Å². The Morgan fingerprint density at radius 1 is 0.704 bits per heavy atom. The second-order valence-corrected chi connectivity index (χ2v) is 7.96. The van der Waals surface area contributed by atoms with Crippen molar-refractivity contribution in [1.29, 1.82) is 0 Å². The summed E-state index contributed by atoms with van der Waals surface area (Å²) >= 11 is 0. The Balaban J connectivity index is 1.85. The van der Waals surface area contributed by atoms with Gasteiger partial charge in [-0.1, -0.05) is 93.6 Å². The molecule has 0 heterocycles. The molecule has 2 heteroatoms. The molecule has 3 rings (SSSR count). The van der Waals surface area contributed by atoms with Crippen molar-refractivity contribution in [1.82, 2.24) is 4.90 Å². The SMILES string of the molecule is CC(C)(C)c1ccc(C(=O)N(Cc2ccccc2)Cc2ccccc2)cc1. The molecule has 0 bridgehead atoms. The molecule has 0 N–H and O–H groups in total. The van der Waals surface area contributed by atoms with E-state index < -0.39 is 0 Å². The molecule has 0 radical (unpaired) electrons. The van der Waals surface area contributed by atoms with Crippen LogP contribution in [0.2, 0.25) is 0 Å². The Morgan fingerprint density at radius 3 is 1.56 bits per heavy atom. The zero-order chi connectivity index (χ0) is 19.3. The molecule has 0 unspecified atom stereocenters. The average Bonchev–Trinajstić information content (AvgIpc) is 2.68. The van der Waals surface area contributed by atoms with Crippen molar-refractivity contribution in [3.05, 3.63) is 107 Å². The van der Waals surface area contributed by atoms with E-state index in [1.54, 1.807) is 0 Å². The van der Waals surface area contributed by atoms with Crippen LogP contribution in [-0.4, -0.2) is 10.8 Å². The Morgan fingerprint density at radius 2 is 1.15 bits per heavy atom. The van der Waals surface area contributed by atoms with E-state index in [9.17, 15) is 4.79 Å². The monoisotopic (exact) mass is 357 g/mol. The highest BCUT2D eigenvalue weighted by atomic mass is 16.2. The van der Waals surface area contributed by atoms with E-state index >= 15 is 0 Å². The minimum Gasteiger partial charge on any atom is -0.330 e. The summed E-state index contributed by atoms with van der Waals surface area (Å²) in [6, 6.07) is 28.3. The Hall–Kier alpha value is -2.87. The maximum atomic E-state index is 13.2. The first-order valence-corrected chi connectivity index (χ1v) is 9.41. The van der Waals surface area contributed by atoms with Crippen LogP contribution in [0.4, 0.5) is 0 Å². The molecule has 3 aromatic carbocycles. The van der Waals surface area contributed by atoms with Crippen LogP contribution >= 0.6 is 0 Å². The van der Waals surface area contributed by atoms with Crippen molar-refractivity contribution in [2.24, 2.45) is 0 Å². The molecule has 3 aromatic rings. The summed E-state index contributed by atoms with van der Waals surface area (Å²) < 4.78 is 0. The standard InChI is InChI=1S/C25H27NO/c1-25(2,3)23-16-14-22(15-17-23)24(27)26(18-20-10-6-4-7-11-20)19-21-12-8-5-9-13-21/h4-17H,18-19H2,1-3H3. The number of rotatable bonds is 5. The van der Waals surface area contributed by atoms with Gasteiger partial charge in [-0.05, 0) is 34.2 Å². The number of carbonyl (C=O) groups excluding carboxylic acids is 1. The number of benzene rings is 3. The molecule has 27 heavy (non-hydrogen) atoms. The van der Waals surface area contributed by atoms with E-state index in [1.165, 1.54) is 5.56 Å². The van der Waals surface area contributed by atoms with Gasteiger partial charge < -0.3 is 4.90 Å². The molecule has 0 aliphatic carbocycles. The van der Waals surface area contributed by atoms with Crippen LogP contribution in [0.1, 0.15) is 47.8 Å². The molecular weight excluding hydrogens is 330 g/mol. The summed E-state index contributed by atoms with van der Waals surface area (Å²) in [5.41, 5.74) is 4.31. The second kappa shape index (κ2) is 8.22. The van der Waals surface area contributed by atoms with Gasteiger partial charge in [0.2, 0.25) is 0 Å². The molecule has 0 atom stereocenters. The average molecular weight is 357 g/mol. The molecule has 0 saturated carbocycles. The number of hydrogen-bond acceptors (Lipinski definition) is 1. The maximum Gasteiger partial charge on any atom is 0.254 e. The number of amides is 1. The molecule has 0 aromatic heterocycles. The Bertz CT molecular complexity index is 820. The van der Waals surface area contributed by atoms with E-state index in [1.807, 2.05) is 53.4 Å². The lowest BCUT2D eigenvalue weighted by atomic mass is 9.86. The van der Waals surface area contributed by atoms with E-state index in [0.29, 0.717) is 13.1 Å². The fourth-order valence-electron chi connectivity index (χ4n) is 3.10. The predicted octanol–water partition coefficient (Wildman–Crippen LogP) is 5.83. The quantitative estimate of drug-likeness (QED) is 0.563. The van der Waals surface area contributed by atoms with Gasteiger partial charge in [0.15, 0.2) is 0 Å². The van der Waals surface area contributed by atoms with Gasteiger partial charge in [0.1, 0.15) is 0 Å². The molecule has 0 spiro atoms. The fraction of sp³-hybridized carbons (Fsp3) is 0.240. The zero-order valence-electron chi connectivity index (χ0n) is 16.4. The predicted molar refractivity (Wildman–Crippen MR) is 112 cm³/mol. The van der Waals surface area contributed by atoms with Crippen LogP contribution in [-0.2, 0) is 18.5 Å². The van der Waals surface area contributed by atoms with Gasteiger partial charge in [-0.3, -0.25) is 4.79 Å². The topological polar surface area (TPSA) is 20.3 Å². The summed E-state index contributed by atoms with van der Waals surface area (Å²) in [6.45, 7) is 7.73. The second-order valence-electron chi connectivity index (χ2n) is 7.96. The Kier molecular flexibility index (Phi) is 5.75. The summed E-state index contributed by atoms with van der Waals surface area (Å²) in [6.07, 6.45) is 0. The van der Waals surface area contributed by atoms with Crippen LogP contribution in [0.5, 0.6) is 0 Å².